The third kappa shape index (κ3) is 4.07. The largest absolute Gasteiger partial charge is 0.338 e. The van der Waals surface area contributed by atoms with E-state index in [9.17, 15) is 9.59 Å². The summed E-state index contributed by atoms with van der Waals surface area (Å²) in [6.07, 6.45) is 4.03. The summed E-state index contributed by atoms with van der Waals surface area (Å²) in [6.45, 7) is 4.29. The number of nitrogens with one attached hydrogen (secondary N) is 5. The molecule has 5 N–H and O–H groups in total. The average molecular weight is 406 g/mol. The van der Waals surface area contributed by atoms with Gasteiger partial charge in [0.1, 0.15) is 5.84 Å². The summed E-state index contributed by atoms with van der Waals surface area (Å²) < 4.78 is 0. The van der Waals surface area contributed by atoms with Crippen LogP contribution < -0.4 is 21.4 Å². The number of pyridine rings is 1. The standard InChI is InChI=1S/C20H22N8O2/c1-3-22-20(30)26-19-23-15-9-13(12-5-4-6-21-10-12)8-14(17(15)25-19)18(29)24-16-7-11(2)27-28-16/h4-6,8-11,27H,3,7H2,1-2H3,(H,24,28,29)(H3,22,23,25,26,30). The Kier molecular flexibility index (Phi) is 5.29. The van der Waals surface area contributed by atoms with Crippen molar-refractivity contribution in [1.29, 1.82) is 0 Å². The Balaban J connectivity index is 1.74. The maximum atomic E-state index is 13.1. The first-order chi connectivity index (χ1) is 14.5. The van der Waals surface area contributed by atoms with Crippen LogP contribution in [-0.4, -0.2) is 45.3 Å². The molecular weight excluding hydrogens is 384 g/mol. The van der Waals surface area contributed by atoms with E-state index >= 15 is 0 Å². The van der Waals surface area contributed by atoms with E-state index in [1.54, 1.807) is 18.5 Å². The molecule has 1 unspecified atom stereocenters. The third-order valence-electron chi connectivity index (χ3n) is 4.58. The van der Waals surface area contributed by atoms with Gasteiger partial charge in [0.25, 0.3) is 5.91 Å². The number of hydrogen-bond donors (Lipinski definition) is 5. The molecule has 1 aromatic carbocycles. The van der Waals surface area contributed by atoms with Gasteiger partial charge in [-0.2, -0.15) is 5.10 Å². The van der Waals surface area contributed by atoms with Gasteiger partial charge in [0.15, 0.2) is 0 Å². The molecule has 10 nitrogen and oxygen atoms in total. The molecule has 3 aromatic rings. The highest BCUT2D eigenvalue weighted by atomic mass is 16.2. The van der Waals surface area contributed by atoms with Crippen LogP contribution in [0.4, 0.5) is 10.7 Å². The fourth-order valence-electron chi connectivity index (χ4n) is 3.21. The number of rotatable bonds is 4. The Labute approximate surface area is 172 Å². The van der Waals surface area contributed by atoms with Gasteiger partial charge in [0.2, 0.25) is 5.95 Å². The number of carbonyl (C=O) groups excluding carboxylic acids is 2. The molecule has 1 atom stereocenters. The van der Waals surface area contributed by atoms with Crippen LogP contribution in [0, 0.1) is 0 Å². The fraction of sp³-hybridized carbons (Fsp3) is 0.250. The molecule has 4 rings (SSSR count). The number of benzene rings is 1. The highest BCUT2D eigenvalue weighted by Gasteiger charge is 2.21. The molecule has 3 amide bonds. The quantitative estimate of drug-likeness (QED) is 0.452. The molecule has 0 bridgehead atoms. The second-order valence-electron chi connectivity index (χ2n) is 6.98. The minimum absolute atomic E-state index is 0.169. The molecule has 2 aromatic heterocycles. The Bertz CT molecular complexity index is 1120. The number of urea groups is 1. The van der Waals surface area contributed by atoms with E-state index in [4.69, 9.17) is 0 Å². The number of imidazole rings is 1. The molecule has 1 aliphatic heterocycles. The van der Waals surface area contributed by atoms with Crippen LogP contribution in [0.5, 0.6) is 0 Å². The third-order valence-corrected chi connectivity index (χ3v) is 4.58. The van der Waals surface area contributed by atoms with E-state index in [1.165, 1.54) is 0 Å². The van der Waals surface area contributed by atoms with Gasteiger partial charge in [-0.15, -0.1) is 0 Å². The van der Waals surface area contributed by atoms with Crippen molar-refractivity contribution < 1.29 is 9.59 Å². The van der Waals surface area contributed by atoms with Gasteiger partial charge in [-0.3, -0.25) is 15.1 Å². The van der Waals surface area contributed by atoms with Crippen LogP contribution in [-0.2, 0) is 0 Å². The zero-order valence-corrected chi connectivity index (χ0v) is 16.6. The maximum absolute atomic E-state index is 13.1. The summed E-state index contributed by atoms with van der Waals surface area (Å²) in [4.78, 5) is 36.5. The number of anilines is 1. The van der Waals surface area contributed by atoms with Gasteiger partial charge < -0.3 is 21.0 Å². The monoisotopic (exact) mass is 406 g/mol. The molecule has 3 heterocycles. The number of hydrazone groups is 1. The highest BCUT2D eigenvalue weighted by molar-refractivity contribution is 6.13. The molecule has 0 saturated carbocycles. The predicted molar refractivity (Wildman–Crippen MR) is 114 cm³/mol. The van der Waals surface area contributed by atoms with Crippen LogP contribution >= 0.6 is 0 Å². The van der Waals surface area contributed by atoms with Crippen molar-refractivity contribution in [2.24, 2.45) is 5.10 Å². The van der Waals surface area contributed by atoms with Gasteiger partial charge in [-0.05, 0) is 37.6 Å². The summed E-state index contributed by atoms with van der Waals surface area (Å²) in [5.41, 5.74) is 6.03. The minimum atomic E-state index is -0.379. The smallest absolute Gasteiger partial charge is 0.321 e. The van der Waals surface area contributed by atoms with Crippen molar-refractivity contribution >= 4 is 34.8 Å². The van der Waals surface area contributed by atoms with Gasteiger partial charge in [-0.25, -0.2) is 9.78 Å². The SMILES string of the molecule is CCNC(=O)Nc1nc2cc(-c3cccnc3)cc(C(=O)NC3=NNC(C)C3)c2[nH]1. The Morgan fingerprint density at radius 3 is 2.80 bits per heavy atom. The highest BCUT2D eigenvalue weighted by Crippen LogP contribution is 2.27. The molecule has 10 heteroatoms. The topological polar surface area (TPSA) is 136 Å². The summed E-state index contributed by atoms with van der Waals surface area (Å²) in [7, 11) is 0. The van der Waals surface area contributed by atoms with Gasteiger partial charge in [-0.1, -0.05) is 6.07 Å². The van der Waals surface area contributed by atoms with E-state index in [-0.39, 0.29) is 23.9 Å². The lowest BCUT2D eigenvalue weighted by Gasteiger charge is -2.08. The molecule has 1 aliphatic rings. The van der Waals surface area contributed by atoms with E-state index in [1.807, 2.05) is 32.0 Å². The number of carbonyl (C=O) groups is 2. The molecule has 0 radical (unpaired) electrons. The lowest BCUT2D eigenvalue weighted by molar-refractivity contribution is 0.0978. The summed E-state index contributed by atoms with van der Waals surface area (Å²) in [6, 6.07) is 7.14. The predicted octanol–water partition coefficient (Wildman–Crippen LogP) is 2.19. The first-order valence-corrected chi connectivity index (χ1v) is 9.66. The summed E-state index contributed by atoms with van der Waals surface area (Å²) >= 11 is 0. The molecular formula is C20H22N8O2. The number of fused-ring (bicyclic) bond motifs is 1. The number of aromatic nitrogens is 3. The fourth-order valence-corrected chi connectivity index (χ4v) is 3.21. The number of nitrogens with zero attached hydrogens (tertiary/aromatic N) is 3. The van der Waals surface area contributed by atoms with Gasteiger partial charge >= 0.3 is 6.03 Å². The van der Waals surface area contributed by atoms with Crippen molar-refractivity contribution in [2.45, 2.75) is 26.3 Å². The van der Waals surface area contributed by atoms with Gasteiger partial charge in [0.05, 0.1) is 16.6 Å². The van der Waals surface area contributed by atoms with Crippen molar-refractivity contribution in [2.75, 3.05) is 11.9 Å². The first-order valence-electron chi connectivity index (χ1n) is 9.66. The van der Waals surface area contributed by atoms with E-state index in [0.29, 0.717) is 35.4 Å². The van der Waals surface area contributed by atoms with E-state index < -0.39 is 0 Å². The molecule has 0 fully saturated rings. The van der Waals surface area contributed by atoms with Crippen LogP contribution in [0.1, 0.15) is 30.6 Å². The lowest BCUT2D eigenvalue weighted by Crippen LogP contribution is -2.30. The Morgan fingerprint density at radius 1 is 1.23 bits per heavy atom. The number of aromatic amines is 1. The van der Waals surface area contributed by atoms with Crippen LogP contribution in [0.25, 0.3) is 22.2 Å². The Hall–Kier alpha value is -3.95. The second-order valence-corrected chi connectivity index (χ2v) is 6.98. The zero-order chi connectivity index (χ0) is 21.1. The number of hydrogen-bond acceptors (Lipinski definition) is 6. The van der Waals surface area contributed by atoms with Crippen molar-refractivity contribution in [3.63, 3.8) is 0 Å². The summed E-state index contributed by atoms with van der Waals surface area (Å²) in [5.74, 6) is 0.517. The maximum Gasteiger partial charge on any atom is 0.321 e. The lowest BCUT2D eigenvalue weighted by atomic mass is 10.0. The average Bonchev–Trinajstić information content (AvgIpc) is 3.33. The first kappa shape index (κ1) is 19.4. The molecule has 0 saturated heterocycles. The molecule has 0 spiro atoms. The zero-order valence-electron chi connectivity index (χ0n) is 16.6. The van der Waals surface area contributed by atoms with Crippen molar-refractivity contribution in [3.05, 3.63) is 42.2 Å². The van der Waals surface area contributed by atoms with Crippen molar-refractivity contribution in [1.82, 2.24) is 31.0 Å². The number of H-pyrrole nitrogens is 1. The van der Waals surface area contributed by atoms with E-state index in [2.05, 4.69) is 41.4 Å². The second kappa shape index (κ2) is 8.19. The van der Waals surface area contributed by atoms with Crippen LogP contribution in [0.15, 0.2) is 41.8 Å². The number of amides is 3. The number of amidine groups is 1. The van der Waals surface area contributed by atoms with Gasteiger partial charge in [0, 0.05) is 37.0 Å². The molecule has 30 heavy (non-hydrogen) atoms. The molecule has 154 valence electrons. The van der Waals surface area contributed by atoms with Crippen LogP contribution in [0.2, 0.25) is 0 Å². The van der Waals surface area contributed by atoms with Crippen LogP contribution in [0.3, 0.4) is 0 Å². The molecule has 0 aliphatic carbocycles. The van der Waals surface area contributed by atoms with E-state index in [0.717, 1.165) is 11.1 Å². The normalized spacial score (nSPS) is 15.4. The van der Waals surface area contributed by atoms with Crippen molar-refractivity contribution in [3.8, 4) is 11.1 Å². The minimum Gasteiger partial charge on any atom is -0.338 e. The summed E-state index contributed by atoms with van der Waals surface area (Å²) in [5, 5.41) is 12.3. The Morgan fingerprint density at radius 2 is 2.10 bits per heavy atom.